The van der Waals surface area contributed by atoms with Crippen LogP contribution in [0.15, 0.2) is 18.2 Å². The van der Waals surface area contributed by atoms with Crippen LogP contribution < -0.4 is 5.32 Å². The molecule has 0 saturated carbocycles. The van der Waals surface area contributed by atoms with E-state index in [1.165, 1.54) is 18.2 Å². The van der Waals surface area contributed by atoms with Gasteiger partial charge in [-0.2, -0.15) is 0 Å². The van der Waals surface area contributed by atoms with Crippen molar-refractivity contribution in [3.05, 3.63) is 23.8 Å². The summed E-state index contributed by atoms with van der Waals surface area (Å²) in [5, 5.41) is 21.7. The van der Waals surface area contributed by atoms with E-state index in [2.05, 4.69) is 10.2 Å². The smallest absolute Gasteiger partial charge is 0.251 e. The van der Waals surface area contributed by atoms with Crippen LogP contribution >= 0.6 is 0 Å². The lowest BCUT2D eigenvalue weighted by molar-refractivity contribution is 0.0620. The van der Waals surface area contributed by atoms with Crippen LogP contribution in [-0.4, -0.2) is 46.7 Å². The summed E-state index contributed by atoms with van der Waals surface area (Å²) in [5.74, 6) is -0.0883. The van der Waals surface area contributed by atoms with E-state index in [4.69, 9.17) is 0 Å². The maximum Gasteiger partial charge on any atom is 0.251 e. The molecule has 0 aliphatic carbocycles. The Morgan fingerprint density at radius 2 is 1.95 bits per heavy atom. The fourth-order valence-electron chi connectivity index (χ4n) is 3.05. The first kappa shape index (κ1) is 12.3. The Morgan fingerprint density at radius 1 is 1.21 bits per heavy atom. The van der Waals surface area contributed by atoms with E-state index >= 15 is 0 Å². The predicted molar refractivity (Wildman–Crippen MR) is 70.2 cm³/mol. The van der Waals surface area contributed by atoms with Gasteiger partial charge in [0.2, 0.25) is 0 Å². The number of rotatable bonds is 2. The summed E-state index contributed by atoms with van der Waals surface area (Å²) >= 11 is 0. The number of piperidine rings is 3. The summed E-state index contributed by atoms with van der Waals surface area (Å²) in [6.45, 7) is 3.19. The predicted octanol–water partition coefficient (Wildman–Crippen LogP) is 0.922. The first-order valence-electron chi connectivity index (χ1n) is 6.68. The lowest BCUT2D eigenvalue weighted by atomic mass is 9.84. The zero-order valence-corrected chi connectivity index (χ0v) is 10.7. The van der Waals surface area contributed by atoms with Crippen molar-refractivity contribution in [2.24, 2.45) is 5.92 Å². The molecule has 2 bridgehead atoms. The average Bonchev–Trinajstić information content (AvgIpc) is 2.43. The number of aromatic hydroxyl groups is 2. The monoisotopic (exact) mass is 262 g/mol. The van der Waals surface area contributed by atoms with Crippen molar-refractivity contribution in [2.75, 3.05) is 19.6 Å². The van der Waals surface area contributed by atoms with Gasteiger partial charge in [0, 0.05) is 18.2 Å². The SMILES string of the molecule is O=C(NC1CN2CCC1CC2)c1ccc(O)c(O)c1. The maximum atomic E-state index is 12.1. The summed E-state index contributed by atoms with van der Waals surface area (Å²) in [4.78, 5) is 14.5. The lowest BCUT2D eigenvalue weighted by Gasteiger charge is -2.44. The third kappa shape index (κ3) is 2.38. The number of benzene rings is 1. The molecule has 3 saturated heterocycles. The molecular formula is C14H18N2O3. The highest BCUT2D eigenvalue weighted by atomic mass is 16.3. The molecular weight excluding hydrogens is 244 g/mol. The molecule has 3 aliphatic heterocycles. The third-order valence-electron chi connectivity index (χ3n) is 4.21. The molecule has 1 aromatic rings. The van der Waals surface area contributed by atoms with Gasteiger partial charge in [0.1, 0.15) is 0 Å². The highest BCUT2D eigenvalue weighted by Gasteiger charge is 2.34. The number of carbonyl (C=O) groups excluding carboxylic acids is 1. The van der Waals surface area contributed by atoms with Crippen LogP contribution in [-0.2, 0) is 0 Å². The third-order valence-corrected chi connectivity index (χ3v) is 4.21. The van der Waals surface area contributed by atoms with E-state index in [0.29, 0.717) is 11.5 Å². The Labute approximate surface area is 111 Å². The molecule has 3 heterocycles. The Bertz CT molecular complexity index is 495. The second-order valence-electron chi connectivity index (χ2n) is 5.42. The molecule has 5 nitrogen and oxygen atoms in total. The second kappa shape index (κ2) is 4.74. The van der Waals surface area contributed by atoms with Gasteiger partial charge in [-0.15, -0.1) is 0 Å². The molecule has 1 unspecified atom stereocenters. The molecule has 0 aromatic heterocycles. The van der Waals surface area contributed by atoms with E-state index < -0.39 is 0 Å². The summed E-state index contributed by atoms with van der Waals surface area (Å²) in [7, 11) is 0. The first-order valence-corrected chi connectivity index (χ1v) is 6.68. The van der Waals surface area contributed by atoms with E-state index in [1.807, 2.05) is 0 Å². The fourth-order valence-corrected chi connectivity index (χ4v) is 3.05. The molecule has 0 radical (unpaired) electrons. The van der Waals surface area contributed by atoms with Crippen LogP contribution in [0.3, 0.4) is 0 Å². The van der Waals surface area contributed by atoms with Gasteiger partial charge in [-0.1, -0.05) is 0 Å². The summed E-state index contributed by atoms with van der Waals surface area (Å²) < 4.78 is 0. The number of nitrogens with one attached hydrogen (secondary N) is 1. The second-order valence-corrected chi connectivity index (χ2v) is 5.42. The number of nitrogens with zero attached hydrogens (tertiary/aromatic N) is 1. The van der Waals surface area contributed by atoms with E-state index in [1.54, 1.807) is 0 Å². The molecule has 19 heavy (non-hydrogen) atoms. The molecule has 102 valence electrons. The minimum Gasteiger partial charge on any atom is -0.504 e. The van der Waals surface area contributed by atoms with Crippen LogP contribution in [0, 0.1) is 5.92 Å². The van der Waals surface area contributed by atoms with Crippen molar-refractivity contribution < 1.29 is 15.0 Å². The number of phenolic OH excluding ortho intramolecular Hbond substituents is 2. The normalized spacial score (nSPS) is 29.2. The molecule has 1 aromatic carbocycles. The molecule has 1 amide bonds. The molecule has 0 spiro atoms. The van der Waals surface area contributed by atoms with Crippen LogP contribution in [0.5, 0.6) is 11.5 Å². The van der Waals surface area contributed by atoms with Crippen LogP contribution in [0.2, 0.25) is 0 Å². The average molecular weight is 262 g/mol. The van der Waals surface area contributed by atoms with Crippen molar-refractivity contribution in [3.63, 3.8) is 0 Å². The van der Waals surface area contributed by atoms with Crippen molar-refractivity contribution >= 4 is 5.91 Å². The molecule has 3 aliphatic rings. The molecule has 5 heteroatoms. The largest absolute Gasteiger partial charge is 0.504 e. The zero-order chi connectivity index (χ0) is 13.4. The molecule has 3 fully saturated rings. The minimum absolute atomic E-state index is 0.186. The van der Waals surface area contributed by atoms with Crippen molar-refractivity contribution in [1.82, 2.24) is 10.2 Å². The quantitative estimate of drug-likeness (QED) is 0.693. The number of hydrogen-bond acceptors (Lipinski definition) is 4. The van der Waals surface area contributed by atoms with Gasteiger partial charge in [-0.25, -0.2) is 0 Å². The first-order chi connectivity index (χ1) is 9.13. The molecule has 4 rings (SSSR count). The van der Waals surface area contributed by atoms with Gasteiger partial charge in [0.15, 0.2) is 11.5 Å². The minimum atomic E-state index is -0.262. The van der Waals surface area contributed by atoms with Crippen LogP contribution in [0.1, 0.15) is 23.2 Å². The standard InChI is InChI=1S/C14H18N2O3/c17-12-2-1-10(7-13(12)18)14(19)15-11-8-16-5-3-9(11)4-6-16/h1-2,7,9,11,17-18H,3-6,8H2,(H,15,19). The van der Waals surface area contributed by atoms with Gasteiger partial charge in [-0.3, -0.25) is 4.79 Å². The van der Waals surface area contributed by atoms with Gasteiger partial charge in [0.25, 0.3) is 5.91 Å². The van der Waals surface area contributed by atoms with Crippen LogP contribution in [0.25, 0.3) is 0 Å². The lowest BCUT2D eigenvalue weighted by Crippen LogP contribution is -2.57. The van der Waals surface area contributed by atoms with E-state index in [-0.39, 0.29) is 23.4 Å². The summed E-state index contributed by atoms with van der Waals surface area (Å²) in [5.41, 5.74) is 0.381. The number of fused-ring (bicyclic) bond motifs is 3. The zero-order valence-electron chi connectivity index (χ0n) is 10.7. The van der Waals surface area contributed by atoms with Gasteiger partial charge in [-0.05, 0) is 50.0 Å². The molecule has 3 N–H and O–H groups in total. The van der Waals surface area contributed by atoms with E-state index in [9.17, 15) is 15.0 Å². The van der Waals surface area contributed by atoms with E-state index in [0.717, 1.165) is 32.5 Å². The molecule has 1 atom stereocenters. The van der Waals surface area contributed by atoms with Gasteiger partial charge < -0.3 is 20.4 Å². The number of hydrogen-bond donors (Lipinski definition) is 3. The Hall–Kier alpha value is -1.75. The Kier molecular flexibility index (Phi) is 3.06. The summed E-state index contributed by atoms with van der Waals surface area (Å²) in [6.07, 6.45) is 2.29. The highest BCUT2D eigenvalue weighted by Crippen LogP contribution is 2.28. The van der Waals surface area contributed by atoms with Crippen molar-refractivity contribution in [2.45, 2.75) is 18.9 Å². The number of amides is 1. The Balaban J connectivity index is 1.69. The number of carbonyl (C=O) groups is 1. The van der Waals surface area contributed by atoms with Crippen molar-refractivity contribution in [3.8, 4) is 11.5 Å². The number of phenols is 2. The van der Waals surface area contributed by atoms with Gasteiger partial charge in [0.05, 0.1) is 0 Å². The highest BCUT2D eigenvalue weighted by molar-refractivity contribution is 5.95. The topological polar surface area (TPSA) is 72.8 Å². The maximum absolute atomic E-state index is 12.1. The van der Waals surface area contributed by atoms with Gasteiger partial charge >= 0.3 is 0 Å². The van der Waals surface area contributed by atoms with Crippen LogP contribution in [0.4, 0.5) is 0 Å². The fraction of sp³-hybridized carbons (Fsp3) is 0.500. The Morgan fingerprint density at radius 3 is 2.53 bits per heavy atom. The summed E-state index contributed by atoms with van der Waals surface area (Å²) in [6, 6.07) is 4.35. The van der Waals surface area contributed by atoms with Crippen molar-refractivity contribution in [1.29, 1.82) is 0 Å².